The summed E-state index contributed by atoms with van der Waals surface area (Å²) in [5, 5.41) is 3.56. The highest BCUT2D eigenvalue weighted by atomic mass is 16.5. The Kier molecular flexibility index (Phi) is 2.11. The Morgan fingerprint density at radius 1 is 0.727 bits per heavy atom. The summed E-state index contributed by atoms with van der Waals surface area (Å²) in [6, 6.07) is 23.1. The van der Waals surface area contributed by atoms with Gasteiger partial charge in [-0.3, -0.25) is 0 Å². The highest BCUT2D eigenvalue weighted by molar-refractivity contribution is 5.82. The van der Waals surface area contributed by atoms with Crippen LogP contribution in [0.2, 0.25) is 0 Å². The lowest BCUT2D eigenvalue weighted by Gasteiger charge is -2.43. The number of hydrogen-bond acceptors (Lipinski definition) is 2. The van der Waals surface area contributed by atoms with E-state index >= 15 is 0 Å². The van der Waals surface area contributed by atoms with Crippen LogP contribution in [-0.2, 0) is 5.41 Å². The van der Waals surface area contributed by atoms with E-state index in [-0.39, 0.29) is 5.41 Å². The molecule has 0 aromatic heterocycles. The maximum absolute atomic E-state index is 6.16. The predicted molar refractivity (Wildman–Crippen MR) is 88.2 cm³/mol. The molecule has 5 rings (SSSR count). The average molecular weight is 285 g/mol. The lowest BCUT2D eigenvalue weighted by Crippen LogP contribution is -2.33. The first-order valence-electron chi connectivity index (χ1n) is 7.56. The van der Waals surface area contributed by atoms with Gasteiger partial charge in [0.25, 0.3) is 0 Å². The molecule has 0 amide bonds. The summed E-state index contributed by atoms with van der Waals surface area (Å²) < 4.78 is 6.16. The van der Waals surface area contributed by atoms with Crippen LogP contribution in [0.25, 0.3) is 0 Å². The molecule has 1 N–H and O–H groups in total. The van der Waals surface area contributed by atoms with Gasteiger partial charge in [0.05, 0.1) is 5.41 Å². The number of fused-ring (bicyclic) bond motifs is 4. The summed E-state index contributed by atoms with van der Waals surface area (Å²) in [5.74, 6) is 1.90. The van der Waals surface area contributed by atoms with Crippen LogP contribution in [0, 0.1) is 0 Å². The molecule has 2 heterocycles. The molecule has 0 aliphatic carbocycles. The molecule has 106 valence electrons. The smallest absolute Gasteiger partial charge is 0.133 e. The minimum Gasteiger partial charge on any atom is -0.457 e. The van der Waals surface area contributed by atoms with Crippen molar-refractivity contribution < 1.29 is 4.74 Å². The molecule has 1 unspecified atom stereocenters. The maximum Gasteiger partial charge on any atom is 0.133 e. The van der Waals surface area contributed by atoms with Gasteiger partial charge in [-0.25, -0.2) is 0 Å². The second-order valence-electron chi connectivity index (χ2n) is 6.07. The Labute approximate surface area is 129 Å². The second kappa shape index (κ2) is 3.92. The number of nitrogens with one attached hydrogen (secondary N) is 1. The third kappa shape index (κ3) is 1.30. The van der Waals surface area contributed by atoms with E-state index in [0.29, 0.717) is 0 Å². The Balaban J connectivity index is 1.95. The van der Waals surface area contributed by atoms with Gasteiger partial charge in [-0.2, -0.15) is 0 Å². The zero-order valence-corrected chi connectivity index (χ0v) is 12.3. The second-order valence-corrected chi connectivity index (χ2v) is 6.07. The van der Waals surface area contributed by atoms with Gasteiger partial charge in [-0.1, -0.05) is 42.5 Å². The van der Waals surface area contributed by atoms with Crippen LogP contribution in [0.5, 0.6) is 11.5 Å². The standard InChI is InChI=1S/C20H15NO/c1-20-13-7-2-4-9-15(13)21-16-10-6-12-18(19(16)20)22-17-11-5-3-8-14(17)20/h2-12,21H,1H3. The zero-order valence-electron chi connectivity index (χ0n) is 12.3. The molecular weight excluding hydrogens is 270 g/mol. The molecule has 2 heteroatoms. The largest absolute Gasteiger partial charge is 0.457 e. The van der Waals surface area contributed by atoms with Crippen LogP contribution >= 0.6 is 0 Å². The molecule has 0 spiro atoms. The predicted octanol–water partition coefficient (Wildman–Crippen LogP) is 5.20. The van der Waals surface area contributed by atoms with E-state index in [1.807, 2.05) is 12.1 Å². The van der Waals surface area contributed by atoms with Crippen LogP contribution in [0.1, 0.15) is 23.6 Å². The van der Waals surface area contributed by atoms with Crippen LogP contribution < -0.4 is 10.1 Å². The topological polar surface area (TPSA) is 21.3 Å². The number of rotatable bonds is 0. The molecule has 0 bridgehead atoms. The fourth-order valence-electron chi connectivity index (χ4n) is 3.91. The molecule has 3 aromatic carbocycles. The Bertz CT molecular complexity index is 845. The van der Waals surface area contributed by atoms with Crippen molar-refractivity contribution in [3.63, 3.8) is 0 Å². The molecule has 2 nitrogen and oxygen atoms in total. The Hall–Kier alpha value is -2.74. The van der Waals surface area contributed by atoms with E-state index in [1.54, 1.807) is 0 Å². The van der Waals surface area contributed by atoms with Crippen LogP contribution in [0.4, 0.5) is 11.4 Å². The zero-order chi connectivity index (χ0) is 14.7. The van der Waals surface area contributed by atoms with Crippen molar-refractivity contribution in [1.29, 1.82) is 0 Å². The van der Waals surface area contributed by atoms with Gasteiger partial charge >= 0.3 is 0 Å². The van der Waals surface area contributed by atoms with Crippen molar-refractivity contribution in [2.75, 3.05) is 5.32 Å². The first-order chi connectivity index (χ1) is 10.8. The molecule has 0 radical (unpaired) electrons. The molecule has 0 saturated heterocycles. The minimum atomic E-state index is -0.192. The fourth-order valence-corrected chi connectivity index (χ4v) is 3.91. The quantitative estimate of drug-likeness (QED) is 0.612. The monoisotopic (exact) mass is 285 g/mol. The first-order valence-corrected chi connectivity index (χ1v) is 7.56. The third-order valence-corrected chi connectivity index (χ3v) is 4.91. The molecule has 3 aromatic rings. The summed E-state index contributed by atoms with van der Waals surface area (Å²) in [5.41, 5.74) is 5.87. The number of benzene rings is 3. The van der Waals surface area contributed by atoms with Gasteiger partial charge in [0.15, 0.2) is 0 Å². The molecular formula is C20H15NO. The molecule has 2 aliphatic heterocycles. The first kappa shape index (κ1) is 11.9. The normalized spacial score (nSPS) is 20.0. The molecule has 22 heavy (non-hydrogen) atoms. The van der Waals surface area contributed by atoms with Gasteiger partial charge in [-0.15, -0.1) is 0 Å². The molecule has 1 atom stereocenters. The van der Waals surface area contributed by atoms with Crippen molar-refractivity contribution in [1.82, 2.24) is 0 Å². The lowest BCUT2D eigenvalue weighted by molar-refractivity contribution is 0.427. The average Bonchev–Trinajstić information content (AvgIpc) is 2.55. The van der Waals surface area contributed by atoms with Crippen molar-refractivity contribution in [3.8, 4) is 11.5 Å². The van der Waals surface area contributed by atoms with E-state index in [0.717, 1.165) is 17.2 Å². The SMILES string of the molecule is CC12c3ccccc3Nc3cccc(c31)Oc1ccccc12. The third-order valence-electron chi connectivity index (χ3n) is 4.91. The van der Waals surface area contributed by atoms with Crippen molar-refractivity contribution >= 4 is 11.4 Å². The van der Waals surface area contributed by atoms with E-state index in [4.69, 9.17) is 4.74 Å². The van der Waals surface area contributed by atoms with Gasteiger partial charge in [0.2, 0.25) is 0 Å². The molecule has 2 aliphatic rings. The van der Waals surface area contributed by atoms with Crippen LogP contribution in [-0.4, -0.2) is 0 Å². The minimum absolute atomic E-state index is 0.192. The van der Waals surface area contributed by atoms with Crippen LogP contribution in [0.15, 0.2) is 66.7 Å². The Morgan fingerprint density at radius 3 is 2.32 bits per heavy atom. The fraction of sp³-hybridized carbons (Fsp3) is 0.100. The number of hydrogen-bond donors (Lipinski definition) is 1. The van der Waals surface area contributed by atoms with E-state index in [9.17, 15) is 0 Å². The summed E-state index contributed by atoms with van der Waals surface area (Å²) in [7, 11) is 0. The summed E-state index contributed by atoms with van der Waals surface area (Å²) in [6.07, 6.45) is 0. The summed E-state index contributed by atoms with van der Waals surface area (Å²) in [4.78, 5) is 0. The highest BCUT2D eigenvalue weighted by Gasteiger charge is 2.44. The highest BCUT2D eigenvalue weighted by Crippen LogP contribution is 2.57. The van der Waals surface area contributed by atoms with Gasteiger partial charge in [0.1, 0.15) is 11.5 Å². The maximum atomic E-state index is 6.16. The van der Waals surface area contributed by atoms with Gasteiger partial charge in [-0.05, 0) is 36.8 Å². The van der Waals surface area contributed by atoms with Crippen molar-refractivity contribution in [2.45, 2.75) is 12.3 Å². The van der Waals surface area contributed by atoms with E-state index in [2.05, 4.69) is 66.8 Å². The number of para-hydroxylation sites is 2. The molecule has 0 saturated carbocycles. The number of ether oxygens (including phenoxy) is 1. The van der Waals surface area contributed by atoms with E-state index in [1.165, 1.54) is 22.4 Å². The summed E-state index contributed by atoms with van der Waals surface area (Å²) >= 11 is 0. The van der Waals surface area contributed by atoms with E-state index < -0.39 is 0 Å². The Morgan fingerprint density at radius 2 is 1.41 bits per heavy atom. The van der Waals surface area contributed by atoms with Gasteiger partial charge < -0.3 is 10.1 Å². The van der Waals surface area contributed by atoms with Gasteiger partial charge in [0, 0.05) is 22.5 Å². The lowest BCUT2D eigenvalue weighted by atomic mass is 9.66. The molecule has 0 fully saturated rings. The van der Waals surface area contributed by atoms with Crippen LogP contribution in [0.3, 0.4) is 0 Å². The number of anilines is 2. The van der Waals surface area contributed by atoms with Crippen molar-refractivity contribution in [3.05, 3.63) is 83.4 Å². The van der Waals surface area contributed by atoms with Crippen molar-refractivity contribution in [2.24, 2.45) is 0 Å². The summed E-state index contributed by atoms with van der Waals surface area (Å²) in [6.45, 7) is 2.30.